The van der Waals surface area contributed by atoms with Gasteiger partial charge in [-0.05, 0) is 31.9 Å². The van der Waals surface area contributed by atoms with Crippen LogP contribution in [0.5, 0.6) is 0 Å². The normalized spacial score (nSPS) is 27.7. The van der Waals surface area contributed by atoms with Gasteiger partial charge in [0.1, 0.15) is 0 Å². The maximum Gasteiger partial charge on any atom is 0.170 e. The van der Waals surface area contributed by atoms with Gasteiger partial charge in [0, 0.05) is 24.3 Å². The number of nitrogens with two attached hydrogens (primary N) is 1. The highest BCUT2D eigenvalue weighted by molar-refractivity contribution is 5.97. The standard InChI is InChI=1S/C14H21N3O2/c1-10-14(2,6-7-19-10)16-9-11-4-3-5-12(8-11)13(15)17-18/h3-5,8,10,16,18H,6-7,9H2,1-2H3,(H2,15,17). The zero-order chi connectivity index (χ0) is 13.9. The fourth-order valence-corrected chi connectivity index (χ4v) is 2.27. The van der Waals surface area contributed by atoms with Crippen LogP contribution in [0.4, 0.5) is 0 Å². The summed E-state index contributed by atoms with van der Waals surface area (Å²) in [5.41, 5.74) is 7.42. The van der Waals surface area contributed by atoms with Crippen molar-refractivity contribution in [3.63, 3.8) is 0 Å². The molecule has 1 saturated heterocycles. The first-order chi connectivity index (χ1) is 9.05. The van der Waals surface area contributed by atoms with Gasteiger partial charge >= 0.3 is 0 Å². The summed E-state index contributed by atoms with van der Waals surface area (Å²) in [7, 11) is 0. The van der Waals surface area contributed by atoms with Gasteiger partial charge in [0.05, 0.1) is 6.10 Å². The van der Waals surface area contributed by atoms with Crippen molar-refractivity contribution in [2.75, 3.05) is 6.61 Å². The molecule has 1 fully saturated rings. The molecule has 2 unspecified atom stereocenters. The molecular weight excluding hydrogens is 242 g/mol. The predicted molar refractivity (Wildman–Crippen MR) is 74.2 cm³/mol. The maximum atomic E-state index is 8.69. The van der Waals surface area contributed by atoms with E-state index in [1.54, 1.807) is 0 Å². The summed E-state index contributed by atoms with van der Waals surface area (Å²) < 4.78 is 5.60. The van der Waals surface area contributed by atoms with Crippen molar-refractivity contribution in [3.05, 3.63) is 35.4 Å². The third-order valence-corrected chi connectivity index (χ3v) is 3.91. The van der Waals surface area contributed by atoms with E-state index in [4.69, 9.17) is 15.7 Å². The van der Waals surface area contributed by atoms with Crippen LogP contribution in [0.2, 0.25) is 0 Å². The van der Waals surface area contributed by atoms with Crippen LogP contribution in [0.15, 0.2) is 29.4 Å². The average Bonchev–Trinajstić information content (AvgIpc) is 2.76. The molecule has 19 heavy (non-hydrogen) atoms. The summed E-state index contributed by atoms with van der Waals surface area (Å²) in [6, 6.07) is 7.67. The van der Waals surface area contributed by atoms with E-state index < -0.39 is 0 Å². The topological polar surface area (TPSA) is 79.9 Å². The van der Waals surface area contributed by atoms with Gasteiger partial charge in [0.2, 0.25) is 0 Å². The molecule has 0 aliphatic carbocycles. The van der Waals surface area contributed by atoms with E-state index in [0.717, 1.165) is 30.7 Å². The van der Waals surface area contributed by atoms with Crippen LogP contribution in [0, 0.1) is 0 Å². The minimum atomic E-state index is 0.00656. The average molecular weight is 263 g/mol. The summed E-state index contributed by atoms with van der Waals surface area (Å²) in [5.74, 6) is 0.130. The van der Waals surface area contributed by atoms with E-state index in [2.05, 4.69) is 24.3 Å². The molecule has 0 radical (unpaired) electrons. The van der Waals surface area contributed by atoms with Gasteiger partial charge in [0.15, 0.2) is 5.84 Å². The Balaban J connectivity index is 2.04. The Hall–Kier alpha value is -1.59. The van der Waals surface area contributed by atoms with E-state index in [1.165, 1.54) is 0 Å². The van der Waals surface area contributed by atoms with Crippen LogP contribution in [0.1, 0.15) is 31.4 Å². The molecule has 0 amide bonds. The largest absolute Gasteiger partial charge is 0.409 e. The Morgan fingerprint density at radius 3 is 3.05 bits per heavy atom. The molecular formula is C14H21N3O2. The van der Waals surface area contributed by atoms with Crippen molar-refractivity contribution in [1.29, 1.82) is 0 Å². The summed E-state index contributed by atoms with van der Waals surface area (Å²) in [4.78, 5) is 0. The zero-order valence-corrected chi connectivity index (χ0v) is 11.4. The van der Waals surface area contributed by atoms with Crippen LogP contribution >= 0.6 is 0 Å². The van der Waals surface area contributed by atoms with Crippen molar-refractivity contribution in [2.45, 2.75) is 38.5 Å². The number of nitrogens with zero attached hydrogens (tertiary/aromatic N) is 1. The summed E-state index contributed by atoms with van der Waals surface area (Å²) in [5, 5.41) is 15.2. The lowest BCUT2D eigenvalue weighted by Gasteiger charge is -2.29. The van der Waals surface area contributed by atoms with Crippen LogP contribution in [-0.2, 0) is 11.3 Å². The predicted octanol–water partition coefficient (Wildman–Crippen LogP) is 1.44. The maximum absolute atomic E-state index is 8.69. The molecule has 5 nitrogen and oxygen atoms in total. The lowest BCUT2D eigenvalue weighted by atomic mass is 9.94. The molecule has 104 valence electrons. The van der Waals surface area contributed by atoms with Crippen LogP contribution in [0.3, 0.4) is 0 Å². The van der Waals surface area contributed by atoms with E-state index in [0.29, 0.717) is 0 Å². The number of ether oxygens (including phenoxy) is 1. The van der Waals surface area contributed by atoms with Crippen LogP contribution in [-0.4, -0.2) is 29.3 Å². The summed E-state index contributed by atoms with van der Waals surface area (Å²) in [6.07, 6.45) is 1.22. The van der Waals surface area contributed by atoms with Gasteiger partial charge in [-0.2, -0.15) is 0 Å². The number of nitrogens with one attached hydrogen (secondary N) is 1. The molecule has 2 rings (SSSR count). The van der Waals surface area contributed by atoms with E-state index in [9.17, 15) is 0 Å². The first-order valence-corrected chi connectivity index (χ1v) is 6.48. The first-order valence-electron chi connectivity index (χ1n) is 6.48. The molecule has 2 atom stereocenters. The Morgan fingerprint density at radius 2 is 2.42 bits per heavy atom. The minimum Gasteiger partial charge on any atom is -0.409 e. The highest BCUT2D eigenvalue weighted by Gasteiger charge is 2.36. The molecule has 4 N–H and O–H groups in total. The number of hydrogen-bond donors (Lipinski definition) is 3. The number of oxime groups is 1. The number of amidine groups is 1. The van der Waals surface area contributed by atoms with Crippen molar-refractivity contribution >= 4 is 5.84 Å². The fraction of sp³-hybridized carbons (Fsp3) is 0.500. The minimum absolute atomic E-state index is 0.00656. The highest BCUT2D eigenvalue weighted by atomic mass is 16.5. The monoisotopic (exact) mass is 263 g/mol. The summed E-state index contributed by atoms with van der Waals surface area (Å²) in [6.45, 7) is 5.80. The Bertz CT molecular complexity index is 476. The smallest absolute Gasteiger partial charge is 0.170 e. The Labute approximate surface area is 113 Å². The molecule has 1 aliphatic rings. The Kier molecular flexibility index (Phi) is 4.07. The second-order valence-electron chi connectivity index (χ2n) is 5.22. The van der Waals surface area contributed by atoms with Gasteiger partial charge < -0.3 is 21.0 Å². The first kappa shape index (κ1) is 13.8. The molecule has 1 aliphatic heterocycles. The fourth-order valence-electron chi connectivity index (χ4n) is 2.27. The van der Waals surface area contributed by atoms with Crippen molar-refractivity contribution in [1.82, 2.24) is 5.32 Å². The van der Waals surface area contributed by atoms with Gasteiger partial charge in [-0.25, -0.2) is 0 Å². The lowest BCUT2D eigenvalue weighted by Crippen LogP contribution is -2.47. The zero-order valence-electron chi connectivity index (χ0n) is 11.4. The van der Waals surface area contributed by atoms with E-state index >= 15 is 0 Å². The molecule has 1 heterocycles. The molecule has 0 aromatic heterocycles. The third kappa shape index (κ3) is 3.05. The van der Waals surface area contributed by atoms with Crippen LogP contribution < -0.4 is 11.1 Å². The van der Waals surface area contributed by atoms with Gasteiger partial charge in [-0.15, -0.1) is 0 Å². The molecule has 0 saturated carbocycles. The molecule has 0 spiro atoms. The number of benzene rings is 1. The Morgan fingerprint density at radius 1 is 1.63 bits per heavy atom. The quantitative estimate of drug-likeness (QED) is 0.332. The number of hydrogen-bond acceptors (Lipinski definition) is 4. The lowest BCUT2D eigenvalue weighted by molar-refractivity contribution is 0.0881. The van der Waals surface area contributed by atoms with Crippen molar-refractivity contribution in [2.24, 2.45) is 10.9 Å². The molecule has 1 aromatic carbocycles. The third-order valence-electron chi connectivity index (χ3n) is 3.91. The SMILES string of the molecule is CC1OCCC1(C)NCc1cccc(/C(N)=N/O)c1. The van der Waals surface area contributed by atoms with Gasteiger partial charge in [-0.1, -0.05) is 23.4 Å². The van der Waals surface area contributed by atoms with Gasteiger partial charge in [0.25, 0.3) is 0 Å². The van der Waals surface area contributed by atoms with Crippen molar-refractivity contribution < 1.29 is 9.94 Å². The molecule has 5 heteroatoms. The van der Waals surface area contributed by atoms with E-state index in [1.807, 2.05) is 24.3 Å². The molecule has 1 aromatic rings. The molecule has 0 bridgehead atoms. The van der Waals surface area contributed by atoms with Gasteiger partial charge in [-0.3, -0.25) is 0 Å². The number of rotatable bonds is 4. The van der Waals surface area contributed by atoms with E-state index in [-0.39, 0.29) is 17.5 Å². The second-order valence-corrected chi connectivity index (χ2v) is 5.22. The second kappa shape index (κ2) is 5.59. The highest BCUT2D eigenvalue weighted by Crippen LogP contribution is 2.25. The van der Waals surface area contributed by atoms with Crippen LogP contribution in [0.25, 0.3) is 0 Å². The van der Waals surface area contributed by atoms with Crippen molar-refractivity contribution in [3.8, 4) is 0 Å². The summed E-state index contributed by atoms with van der Waals surface area (Å²) >= 11 is 0.